The fourth-order valence-corrected chi connectivity index (χ4v) is 6.33. The number of amides is 2. The summed E-state index contributed by atoms with van der Waals surface area (Å²) in [6.07, 6.45) is 2.63. The van der Waals surface area contributed by atoms with Crippen molar-refractivity contribution >= 4 is 23.3 Å². The Balaban J connectivity index is 1.52. The Morgan fingerprint density at radius 1 is 1.14 bits per heavy atom. The number of primary amides is 1. The Morgan fingerprint density at radius 3 is 2.44 bits per heavy atom. The lowest BCUT2D eigenvalue weighted by Gasteiger charge is -2.35. The SMILES string of the molecule is CN1CCN(c2ccc(C(N)=O)c([C@H](CC(C)(C)C)C(=O)N3C[C@@H](C4CC4)[C@H]4OCC(=O)[C@H]43)c2)CC1. The lowest BCUT2D eigenvalue weighted by atomic mass is 9.79. The second-order valence-corrected chi connectivity index (χ2v) is 12.4. The molecule has 8 heteroatoms. The van der Waals surface area contributed by atoms with Gasteiger partial charge in [-0.1, -0.05) is 20.8 Å². The van der Waals surface area contributed by atoms with E-state index in [4.69, 9.17) is 10.5 Å². The van der Waals surface area contributed by atoms with Gasteiger partial charge in [-0.2, -0.15) is 0 Å². The minimum atomic E-state index is -0.563. The molecule has 196 valence electrons. The van der Waals surface area contributed by atoms with Gasteiger partial charge in [-0.25, -0.2) is 0 Å². The van der Waals surface area contributed by atoms with Crippen LogP contribution in [0.4, 0.5) is 5.69 Å². The Morgan fingerprint density at radius 2 is 1.83 bits per heavy atom. The number of piperazine rings is 1. The number of ether oxygens (including phenoxy) is 1. The van der Waals surface area contributed by atoms with Crippen molar-refractivity contribution in [3.05, 3.63) is 29.3 Å². The van der Waals surface area contributed by atoms with Crippen molar-refractivity contribution < 1.29 is 19.1 Å². The number of nitrogens with two attached hydrogens (primary N) is 1. The van der Waals surface area contributed by atoms with Crippen LogP contribution in [0.2, 0.25) is 0 Å². The van der Waals surface area contributed by atoms with Crippen LogP contribution in [0.1, 0.15) is 61.9 Å². The Kier molecular flexibility index (Phi) is 6.62. The molecule has 1 aromatic carbocycles. The molecule has 0 aromatic heterocycles. The van der Waals surface area contributed by atoms with E-state index >= 15 is 0 Å². The van der Waals surface area contributed by atoms with Gasteiger partial charge < -0.3 is 25.2 Å². The van der Waals surface area contributed by atoms with Gasteiger partial charge >= 0.3 is 0 Å². The number of ketones is 1. The second kappa shape index (κ2) is 9.45. The molecule has 4 aliphatic rings. The number of hydrogen-bond acceptors (Lipinski definition) is 6. The highest BCUT2D eigenvalue weighted by Gasteiger charge is 2.56. The first-order valence-electron chi connectivity index (χ1n) is 13.4. The smallest absolute Gasteiger partial charge is 0.249 e. The first-order valence-corrected chi connectivity index (χ1v) is 13.4. The minimum absolute atomic E-state index is 0.00711. The fraction of sp³-hybridized carbons (Fsp3) is 0.679. The molecule has 5 rings (SSSR count). The maximum atomic E-state index is 14.4. The lowest BCUT2D eigenvalue weighted by molar-refractivity contribution is -0.138. The van der Waals surface area contributed by atoms with E-state index in [9.17, 15) is 14.4 Å². The molecule has 4 fully saturated rings. The van der Waals surface area contributed by atoms with Crippen molar-refractivity contribution in [1.82, 2.24) is 9.80 Å². The molecule has 0 spiro atoms. The molecule has 3 aliphatic heterocycles. The van der Waals surface area contributed by atoms with E-state index in [1.165, 1.54) is 0 Å². The summed E-state index contributed by atoms with van der Waals surface area (Å²) in [6.45, 7) is 10.6. The van der Waals surface area contributed by atoms with Gasteiger partial charge in [-0.05, 0) is 61.4 Å². The van der Waals surface area contributed by atoms with Crippen LogP contribution in [0.25, 0.3) is 0 Å². The Hall–Kier alpha value is -2.45. The van der Waals surface area contributed by atoms with Crippen molar-refractivity contribution in [1.29, 1.82) is 0 Å². The summed E-state index contributed by atoms with van der Waals surface area (Å²) >= 11 is 0. The predicted molar refractivity (Wildman–Crippen MR) is 138 cm³/mol. The van der Waals surface area contributed by atoms with Crippen LogP contribution in [-0.4, -0.2) is 85.9 Å². The molecule has 2 N–H and O–H groups in total. The molecule has 8 nitrogen and oxygen atoms in total. The molecule has 0 radical (unpaired) electrons. The van der Waals surface area contributed by atoms with Gasteiger partial charge in [0.15, 0.2) is 5.78 Å². The van der Waals surface area contributed by atoms with E-state index < -0.39 is 17.9 Å². The van der Waals surface area contributed by atoms with Gasteiger partial charge in [0.1, 0.15) is 12.6 Å². The summed E-state index contributed by atoms with van der Waals surface area (Å²) in [6, 6.07) is 5.20. The van der Waals surface area contributed by atoms with Crippen LogP contribution in [-0.2, 0) is 14.3 Å². The van der Waals surface area contributed by atoms with Gasteiger partial charge in [-0.3, -0.25) is 14.4 Å². The minimum Gasteiger partial charge on any atom is -0.369 e. The van der Waals surface area contributed by atoms with Crippen molar-refractivity contribution in [3.8, 4) is 0 Å². The molecule has 0 bridgehead atoms. The molecule has 2 amide bonds. The normalized spacial score (nSPS) is 27.9. The number of nitrogens with zero attached hydrogens (tertiary/aromatic N) is 3. The van der Waals surface area contributed by atoms with Gasteiger partial charge in [0.2, 0.25) is 11.8 Å². The number of fused-ring (bicyclic) bond motifs is 1. The molecule has 1 aliphatic carbocycles. The number of rotatable bonds is 6. The van der Waals surface area contributed by atoms with Crippen LogP contribution < -0.4 is 10.6 Å². The molecule has 1 saturated carbocycles. The van der Waals surface area contributed by atoms with Gasteiger partial charge in [0, 0.05) is 49.9 Å². The maximum Gasteiger partial charge on any atom is 0.249 e. The highest BCUT2D eigenvalue weighted by atomic mass is 16.5. The number of benzene rings is 1. The molecular weight excluding hydrogens is 456 g/mol. The van der Waals surface area contributed by atoms with E-state index in [1.807, 2.05) is 12.1 Å². The highest BCUT2D eigenvalue weighted by Crippen LogP contribution is 2.47. The standard InChI is InChI=1S/C28H40N4O4/c1-28(2,3)14-21(27(35)32-15-22(17-5-6-17)25-24(32)23(33)16-36-25)20-13-18(7-8-19(20)26(29)34)31-11-9-30(4)10-12-31/h7-8,13,17,21-22,24-25H,5-6,9-12,14-16H2,1-4H3,(H2,29,34)/t21-,22-,24+,25+/m0/s1. The highest BCUT2D eigenvalue weighted by molar-refractivity contribution is 5.99. The van der Waals surface area contributed by atoms with E-state index in [0.29, 0.717) is 30.0 Å². The van der Waals surface area contributed by atoms with E-state index in [1.54, 1.807) is 11.0 Å². The molecule has 36 heavy (non-hydrogen) atoms. The molecule has 3 saturated heterocycles. The Labute approximate surface area is 214 Å². The first-order chi connectivity index (χ1) is 17.0. The van der Waals surface area contributed by atoms with Crippen LogP contribution in [0.3, 0.4) is 0 Å². The van der Waals surface area contributed by atoms with Gasteiger partial charge in [0.05, 0.1) is 12.0 Å². The summed E-state index contributed by atoms with van der Waals surface area (Å²) in [7, 11) is 2.11. The number of hydrogen-bond donors (Lipinski definition) is 1. The van der Waals surface area contributed by atoms with Crippen molar-refractivity contribution in [3.63, 3.8) is 0 Å². The number of likely N-dealkylation sites (N-methyl/N-ethyl adjacent to an activating group) is 1. The van der Waals surface area contributed by atoms with Crippen LogP contribution in [0, 0.1) is 17.3 Å². The number of carbonyl (C=O) groups is 3. The van der Waals surface area contributed by atoms with Crippen molar-refractivity contribution in [2.45, 2.75) is 58.1 Å². The third kappa shape index (κ3) is 4.90. The second-order valence-electron chi connectivity index (χ2n) is 12.4. The predicted octanol–water partition coefficient (Wildman–Crippen LogP) is 2.26. The topological polar surface area (TPSA) is 96.2 Å². The summed E-state index contributed by atoms with van der Waals surface area (Å²) in [4.78, 5) is 46.1. The third-order valence-electron chi connectivity index (χ3n) is 8.39. The van der Waals surface area contributed by atoms with Crippen LogP contribution >= 0.6 is 0 Å². The summed E-state index contributed by atoms with van der Waals surface area (Å²) in [5.74, 6) is -0.437. The zero-order valence-electron chi connectivity index (χ0n) is 22.0. The molecule has 0 unspecified atom stereocenters. The monoisotopic (exact) mass is 496 g/mol. The summed E-state index contributed by atoms with van der Waals surface area (Å²) in [5, 5.41) is 0. The number of carbonyl (C=O) groups excluding carboxylic acids is 3. The van der Waals surface area contributed by atoms with E-state index in [0.717, 1.165) is 44.7 Å². The fourth-order valence-electron chi connectivity index (χ4n) is 6.33. The summed E-state index contributed by atoms with van der Waals surface area (Å²) in [5.41, 5.74) is 7.73. The average molecular weight is 497 g/mol. The van der Waals surface area contributed by atoms with Crippen molar-refractivity contribution in [2.24, 2.45) is 23.0 Å². The number of anilines is 1. The largest absolute Gasteiger partial charge is 0.369 e. The van der Waals surface area contributed by atoms with Gasteiger partial charge in [0.25, 0.3) is 0 Å². The van der Waals surface area contributed by atoms with Gasteiger partial charge in [-0.15, -0.1) is 0 Å². The summed E-state index contributed by atoms with van der Waals surface area (Å²) < 4.78 is 5.91. The molecule has 3 heterocycles. The zero-order chi connectivity index (χ0) is 25.8. The van der Waals surface area contributed by atoms with Crippen molar-refractivity contribution in [2.75, 3.05) is 51.3 Å². The Bertz CT molecular complexity index is 1040. The number of Topliss-reactive ketones (excluding diaryl/α,β-unsaturated/α-hetero) is 1. The van der Waals surface area contributed by atoms with E-state index in [2.05, 4.69) is 37.6 Å². The van der Waals surface area contributed by atoms with Crippen LogP contribution in [0.15, 0.2) is 18.2 Å². The maximum absolute atomic E-state index is 14.4. The average Bonchev–Trinajstić information content (AvgIpc) is 3.49. The molecular formula is C28H40N4O4. The zero-order valence-corrected chi connectivity index (χ0v) is 22.0. The van der Waals surface area contributed by atoms with E-state index in [-0.39, 0.29) is 35.7 Å². The lowest BCUT2D eigenvalue weighted by Crippen LogP contribution is -2.45. The number of likely N-dealkylation sites (tertiary alicyclic amines) is 1. The third-order valence-corrected chi connectivity index (χ3v) is 8.39. The quantitative estimate of drug-likeness (QED) is 0.649. The first kappa shape index (κ1) is 25.2. The molecule has 1 aromatic rings. The molecule has 4 atom stereocenters. The van der Waals surface area contributed by atoms with Crippen LogP contribution in [0.5, 0.6) is 0 Å².